The molecule has 0 aromatic rings. The van der Waals surface area contributed by atoms with Crippen LogP contribution in [-0.2, 0) is 9.47 Å². The van der Waals surface area contributed by atoms with E-state index in [9.17, 15) is 4.79 Å². The van der Waals surface area contributed by atoms with Gasteiger partial charge in [0.25, 0.3) is 0 Å². The van der Waals surface area contributed by atoms with Crippen LogP contribution in [0.4, 0.5) is 4.79 Å². The van der Waals surface area contributed by atoms with E-state index in [1.807, 2.05) is 0 Å². The second-order valence-electron chi connectivity index (χ2n) is 2.55. The molecule has 2 unspecified atom stereocenters. The third-order valence-electron chi connectivity index (χ3n) is 1.49. The number of rotatable bonds is 1. The van der Waals surface area contributed by atoms with Crippen LogP contribution < -0.4 is 0 Å². The van der Waals surface area contributed by atoms with E-state index in [0.29, 0.717) is 0 Å². The fourth-order valence-electron chi connectivity index (χ4n) is 0.911. The van der Waals surface area contributed by atoms with Crippen LogP contribution in [0.5, 0.6) is 0 Å². The lowest BCUT2D eigenvalue weighted by Gasteiger charge is -2.16. The Kier molecular flexibility index (Phi) is 2.97. The average molecular weight is 233 g/mol. The Bertz CT molecular complexity index is 189. The van der Waals surface area contributed by atoms with Crippen molar-refractivity contribution in [3.05, 3.63) is 0 Å². The summed E-state index contributed by atoms with van der Waals surface area (Å²) in [6.07, 6.45) is -1.38. The van der Waals surface area contributed by atoms with Gasteiger partial charge in [0.05, 0.1) is 0 Å². The Balaban J connectivity index is 2.48. The molecule has 12 heavy (non-hydrogen) atoms. The van der Waals surface area contributed by atoms with E-state index in [0.717, 1.165) is 0 Å². The molecular formula is C6H7Cl3O3. The first-order chi connectivity index (χ1) is 5.38. The number of ether oxygens (including phenoxy) is 2. The zero-order valence-electron chi connectivity index (χ0n) is 6.22. The summed E-state index contributed by atoms with van der Waals surface area (Å²) in [6.45, 7) is 1.69. The van der Waals surface area contributed by atoms with E-state index in [-0.39, 0.29) is 12.5 Å². The fraction of sp³-hybridized carbons (Fsp3) is 0.833. The molecule has 1 aliphatic heterocycles. The van der Waals surface area contributed by atoms with Crippen LogP contribution in [0.1, 0.15) is 13.3 Å². The Morgan fingerprint density at radius 2 is 2.00 bits per heavy atom. The van der Waals surface area contributed by atoms with Gasteiger partial charge >= 0.3 is 6.16 Å². The smallest absolute Gasteiger partial charge is 0.427 e. The van der Waals surface area contributed by atoms with E-state index >= 15 is 0 Å². The van der Waals surface area contributed by atoms with Crippen molar-refractivity contribution in [3.63, 3.8) is 0 Å². The summed E-state index contributed by atoms with van der Waals surface area (Å²) in [5.41, 5.74) is 0. The van der Waals surface area contributed by atoms with Crippen molar-refractivity contribution in [2.24, 2.45) is 0 Å². The lowest BCUT2D eigenvalue weighted by Crippen LogP contribution is -2.24. The summed E-state index contributed by atoms with van der Waals surface area (Å²) >= 11 is 16.5. The normalized spacial score (nSPS) is 29.8. The van der Waals surface area contributed by atoms with E-state index in [2.05, 4.69) is 4.74 Å². The molecule has 0 spiro atoms. The maximum Gasteiger partial charge on any atom is 0.509 e. The van der Waals surface area contributed by atoms with E-state index in [1.165, 1.54) is 0 Å². The highest BCUT2D eigenvalue weighted by Crippen LogP contribution is 2.35. The molecule has 0 bridgehead atoms. The maximum absolute atomic E-state index is 10.6. The highest BCUT2D eigenvalue weighted by molar-refractivity contribution is 6.67. The molecule has 3 nitrogen and oxygen atoms in total. The molecule has 0 aromatic heterocycles. The van der Waals surface area contributed by atoms with Crippen LogP contribution >= 0.6 is 34.8 Å². The number of hydrogen-bond donors (Lipinski definition) is 0. The van der Waals surface area contributed by atoms with Crippen molar-refractivity contribution in [1.29, 1.82) is 0 Å². The topological polar surface area (TPSA) is 35.5 Å². The lowest BCUT2D eigenvalue weighted by molar-refractivity contribution is 0.115. The van der Waals surface area contributed by atoms with Gasteiger partial charge in [-0.2, -0.15) is 0 Å². The number of carbonyl (C=O) groups excluding carboxylic acids is 1. The molecule has 2 atom stereocenters. The number of halogens is 3. The van der Waals surface area contributed by atoms with Gasteiger partial charge in [-0.15, -0.1) is 0 Å². The molecule has 1 heterocycles. The summed E-state index contributed by atoms with van der Waals surface area (Å²) in [5.74, 6) is 0. The molecule has 1 aliphatic rings. The van der Waals surface area contributed by atoms with Crippen molar-refractivity contribution in [1.82, 2.24) is 0 Å². The van der Waals surface area contributed by atoms with Gasteiger partial charge in [-0.25, -0.2) is 4.79 Å². The predicted molar refractivity (Wildman–Crippen MR) is 45.7 cm³/mol. The zero-order chi connectivity index (χ0) is 9.35. The fourth-order valence-corrected chi connectivity index (χ4v) is 1.37. The van der Waals surface area contributed by atoms with Gasteiger partial charge in [0.15, 0.2) is 3.79 Å². The minimum absolute atomic E-state index is 0.143. The third-order valence-corrected chi connectivity index (χ3v) is 1.95. The van der Waals surface area contributed by atoms with E-state index in [4.69, 9.17) is 39.5 Å². The molecule has 6 heteroatoms. The van der Waals surface area contributed by atoms with Crippen molar-refractivity contribution in [2.75, 3.05) is 0 Å². The van der Waals surface area contributed by atoms with Crippen molar-refractivity contribution in [2.45, 2.75) is 29.3 Å². The Labute approximate surface area is 84.9 Å². The molecule has 0 N–H and O–H groups in total. The first kappa shape index (κ1) is 10.2. The summed E-state index contributed by atoms with van der Waals surface area (Å²) in [6, 6.07) is 0. The molecule has 1 saturated heterocycles. The number of hydrogen-bond acceptors (Lipinski definition) is 3. The molecule has 0 aliphatic carbocycles. The maximum atomic E-state index is 10.6. The summed E-state index contributed by atoms with van der Waals surface area (Å²) in [7, 11) is 0. The van der Waals surface area contributed by atoms with Crippen molar-refractivity contribution in [3.8, 4) is 0 Å². The first-order valence-corrected chi connectivity index (χ1v) is 4.46. The van der Waals surface area contributed by atoms with Crippen molar-refractivity contribution >= 4 is 41.0 Å². The molecule has 70 valence electrons. The Morgan fingerprint density at radius 1 is 1.42 bits per heavy atom. The van der Waals surface area contributed by atoms with Gasteiger partial charge in [0, 0.05) is 6.42 Å². The Morgan fingerprint density at radius 3 is 2.33 bits per heavy atom. The monoisotopic (exact) mass is 232 g/mol. The summed E-state index contributed by atoms with van der Waals surface area (Å²) < 4.78 is 8.01. The minimum Gasteiger partial charge on any atom is -0.427 e. The largest absolute Gasteiger partial charge is 0.509 e. The van der Waals surface area contributed by atoms with Gasteiger partial charge < -0.3 is 9.47 Å². The van der Waals surface area contributed by atoms with Crippen LogP contribution in [0, 0.1) is 0 Å². The highest BCUT2D eigenvalue weighted by atomic mass is 35.6. The average Bonchev–Trinajstić information content (AvgIpc) is 2.06. The van der Waals surface area contributed by atoms with Crippen LogP contribution in [0.2, 0.25) is 0 Å². The number of carbonyl (C=O) groups is 1. The van der Waals surface area contributed by atoms with Crippen molar-refractivity contribution < 1.29 is 14.3 Å². The molecular weight excluding hydrogens is 226 g/mol. The second kappa shape index (κ2) is 3.48. The quantitative estimate of drug-likeness (QED) is 0.516. The predicted octanol–water partition coefficient (Wildman–Crippen LogP) is 2.67. The molecule has 1 rings (SSSR count). The van der Waals surface area contributed by atoms with Gasteiger partial charge in [0.2, 0.25) is 0 Å². The van der Waals surface area contributed by atoms with Gasteiger partial charge in [-0.3, -0.25) is 0 Å². The standard InChI is InChI=1S/C6H7Cl3O3/c1-3-4(2-6(7,8)9)12-5(10)11-3/h3-4H,2H2,1H3. The second-order valence-corrected chi connectivity index (χ2v) is 5.06. The van der Waals surface area contributed by atoms with Gasteiger partial charge in [-0.1, -0.05) is 34.8 Å². The van der Waals surface area contributed by atoms with E-state index in [1.54, 1.807) is 6.92 Å². The third kappa shape index (κ3) is 2.88. The SMILES string of the molecule is CC1OC(=O)OC1CC(Cl)(Cl)Cl. The summed E-state index contributed by atoms with van der Waals surface area (Å²) in [4.78, 5) is 10.6. The molecule has 0 saturated carbocycles. The van der Waals surface area contributed by atoms with Crippen LogP contribution in [0.15, 0.2) is 0 Å². The van der Waals surface area contributed by atoms with Gasteiger partial charge in [0.1, 0.15) is 12.2 Å². The summed E-state index contributed by atoms with van der Waals surface area (Å²) in [5, 5.41) is 0. The number of cyclic esters (lactones) is 2. The molecule has 0 amide bonds. The van der Waals surface area contributed by atoms with Crippen LogP contribution in [0.3, 0.4) is 0 Å². The molecule has 0 aromatic carbocycles. The zero-order valence-corrected chi connectivity index (χ0v) is 8.49. The minimum atomic E-state index is -1.41. The first-order valence-electron chi connectivity index (χ1n) is 3.32. The van der Waals surface area contributed by atoms with Crippen LogP contribution in [-0.4, -0.2) is 22.2 Å². The van der Waals surface area contributed by atoms with Gasteiger partial charge in [-0.05, 0) is 6.92 Å². The molecule has 1 fully saturated rings. The number of alkyl halides is 3. The highest BCUT2D eigenvalue weighted by Gasteiger charge is 2.38. The van der Waals surface area contributed by atoms with Crippen LogP contribution in [0.25, 0.3) is 0 Å². The lowest BCUT2D eigenvalue weighted by atomic mass is 10.2. The molecule has 0 radical (unpaired) electrons. The van der Waals surface area contributed by atoms with E-state index < -0.39 is 16.1 Å². The Hall–Kier alpha value is 0.140.